The normalized spacial score (nSPS) is 10.4. The predicted molar refractivity (Wildman–Crippen MR) is 97.5 cm³/mol. The van der Waals surface area contributed by atoms with E-state index < -0.39 is 0 Å². The maximum atomic E-state index is 12.4. The Morgan fingerprint density at radius 1 is 1.00 bits per heavy atom. The number of nitrogens with one attached hydrogen (secondary N) is 1. The van der Waals surface area contributed by atoms with Gasteiger partial charge in [-0.1, -0.05) is 17.7 Å². The average molecular weight is 348 g/mol. The van der Waals surface area contributed by atoms with E-state index in [2.05, 4.69) is 5.32 Å². The van der Waals surface area contributed by atoms with Gasteiger partial charge in [-0.05, 0) is 61.2 Å². The molecule has 0 bridgehead atoms. The first-order valence-electron chi connectivity index (χ1n) is 7.63. The molecule has 0 spiro atoms. The second-order valence-electron chi connectivity index (χ2n) is 5.80. The van der Waals surface area contributed by atoms with Crippen LogP contribution in [0.5, 0.6) is 11.5 Å². The van der Waals surface area contributed by atoms with Crippen LogP contribution in [-0.4, -0.2) is 20.1 Å². The van der Waals surface area contributed by atoms with Crippen molar-refractivity contribution in [3.8, 4) is 11.5 Å². The van der Waals surface area contributed by atoms with Crippen LogP contribution in [0.2, 0.25) is 5.02 Å². The van der Waals surface area contributed by atoms with Crippen molar-refractivity contribution >= 4 is 23.2 Å². The third-order valence-electron chi connectivity index (χ3n) is 3.89. The molecule has 1 N–H and O–H groups in total. The molecular formula is C19H22ClNO3. The van der Waals surface area contributed by atoms with E-state index in [-0.39, 0.29) is 12.3 Å². The molecule has 0 atom stereocenters. The highest BCUT2D eigenvalue weighted by Gasteiger charge is 2.14. The fourth-order valence-corrected chi connectivity index (χ4v) is 3.01. The van der Waals surface area contributed by atoms with E-state index in [1.54, 1.807) is 14.2 Å². The molecule has 2 aromatic carbocycles. The number of methoxy groups -OCH3 is 2. The maximum absolute atomic E-state index is 12.4. The van der Waals surface area contributed by atoms with Gasteiger partial charge in [-0.25, -0.2) is 0 Å². The minimum Gasteiger partial charge on any atom is -0.493 e. The molecule has 0 fully saturated rings. The third kappa shape index (κ3) is 4.01. The molecule has 0 aromatic heterocycles. The zero-order valence-corrected chi connectivity index (χ0v) is 15.4. The van der Waals surface area contributed by atoms with Gasteiger partial charge in [0.25, 0.3) is 0 Å². The number of amides is 1. The van der Waals surface area contributed by atoms with Crippen LogP contribution in [0.1, 0.15) is 22.3 Å². The lowest BCUT2D eigenvalue weighted by atomic mass is 10.0. The topological polar surface area (TPSA) is 47.6 Å². The molecule has 2 rings (SSSR count). The molecular weight excluding hydrogens is 326 g/mol. The Morgan fingerprint density at radius 3 is 2.21 bits per heavy atom. The molecule has 0 unspecified atom stereocenters. The highest BCUT2D eigenvalue weighted by Crippen LogP contribution is 2.31. The molecule has 0 aliphatic heterocycles. The Labute approximate surface area is 147 Å². The van der Waals surface area contributed by atoms with Crippen LogP contribution in [0.25, 0.3) is 0 Å². The summed E-state index contributed by atoms with van der Waals surface area (Å²) in [6, 6.07) is 7.53. The summed E-state index contributed by atoms with van der Waals surface area (Å²) in [6.45, 7) is 5.84. The summed E-state index contributed by atoms with van der Waals surface area (Å²) >= 11 is 6.25. The Bertz CT molecular complexity index is 748. The molecule has 0 heterocycles. The van der Waals surface area contributed by atoms with E-state index in [1.807, 2.05) is 45.0 Å². The van der Waals surface area contributed by atoms with Crippen molar-refractivity contribution in [2.24, 2.45) is 0 Å². The molecule has 24 heavy (non-hydrogen) atoms. The summed E-state index contributed by atoms with van der Waals surface area (Å²) in [6.07, 6.45) is 0.232. The Hall–Kier alpha value is -2.20. The summed E-state index contributed by atoms with van der Waals surface area (Å²) in [5.41, 5.74) is 4.51. The van der Waals surface area contributed by atoms with Crippen LogP contribution in [-0.2, 0) is 11.2 Å². The van der Waals surface area contributed by atoms with Crippen molar-refractivity contribution in [3.63, 3.8) is 0 Å². The molecule has 0 radical (unpaired) electrons. The summed E-state index contributed by atoms with van der Waals surface area (Å²) in [5.74, 6) is 1.13. The first-order chi connectivity index (χ1) is 11.3. The largest absolute Gasteiger partial charge is 0.493 e. The van der Waals surface area contributed by atoms with Gasteiger partial charge in [0.2, 0.25) is 5.91 Å². The van der Waals surface area contributed by atoms with E-state index >= 15 is 0 Å². The standard InChI is InChI=1S/C19H22ClNO3/c1-11-6-13(3)19(15(20)7-11)21-18(22)10-14-9-17(24-5)16(23-4)8-12(14)2/h6-9H,10H2,1-5H3,(H,21,22). The number of aryl methyl sites for hydroxylation is 3. The van der Waals surface area contributed by atoms with E-state index in [4.69, 9.17) is 21.1 Å². The van der Waals surface area contributed by atoms with Gasteiger partial charge >= 0.3 is 0 Å². The molecule has 0 saturated heterocycles. The van der Waals surface area contributed by atoms with Gasteiger partial charge in [0, 0.05) is 0 Å². The molecule has 1 amide bonds. The average Bonchev–Trinajstić information content (AvgIpc) is 2.52. The van der Waals surface area contributed by atoms with Gasteiger partial charge in [0.15, 0.2) is 11.5 Å². The number of hydrogen-bond donors (Lipinski definition) is 1. The van der Waals surface area contributed by atoms with Crippen molar-refractivity contribution in [3.05, 3.63) is 51.5 Å². The smallest absolute Gasteiger partial charge is 0.228 e. The monoisotopic (exact) mass is 347 g/mol. The van der Waals surface area contributed by atoms with Crippen LogP contribution >= 0.6 is 11.6 Å². The zero-order chi connectivity index (χ0) is 17.9. The SMILES string of the molecule is COc1cc(C)c(CC(=O)Nc2c(C)cc(C)cc2Cl)cc1OC. The molecule has 0 aliphatic rings. The van der Waals surface area contributed by atoms with Gasteiger partial charge in [-0.3, -0.25) is 4.79 Å². The quantitative estimate of drug-likeness (QED) is 0.868. The Balaban J connectivity index is 2.22. The fraction of sp³-hybridized carbons (Fsp3) is 0.316. The van der Waals surface area contributed by atoms with E-state index in [1.165, 1.54) is 0 Å². The second kappa shape index (κ2) is 7.58. The van der Waals surface area contributed by atoms with Gasteiger partial charge in [-0.2, -0.15) is 0 Å². The van der Waals surface area contributed by atoms with Crippen LogP contribution < -0.4 is 14.8 Å². The van der Waals surface area contributed by atoms with Gasteiger partial charge < -0.3 is 14.8 Å². The van der Waals surface area contributed by atoms with Crippen LogP contribution in [0.15, 0.2) is 24.3 Å². The lowest BCUT2D eigenvalue weighted by Gasteiger charge is -2.14. The maximum Gasteiger partial charge on any atom is 0.228 e. The van der Waals surface area contributed by atoms with Crippen molar-refractivity contribution < 1.29 is 14.3 Å². The second-order valence-corrected chi connectivity index (χ2v) is 6.20. The lowest BCUT2D eigenvalue weighted by molar-refractivity contribution is -0.115. The van der Waals surface area contributed by atoms with Gasteiger partial charge in [0.05, 0.1) is 31.4 Å². The summed E-state index contributed by atoms with van der Waals surface area (Å²) in [4.78, 5) is 12.4. The number of rotatable bonds is 5. The van der Waals surface area contributed by atoms with E-state index in [0.29, 0.717) is 22.2 Å². The molecule has 5 heteroatoms. The highest BCUT2D eigenvalue weighted by atomic mass is 35.5. The number of ether oxygens (including phenoxy) is 2. The van der Waals surface area contributed by atoms with Crippen LogP contribution in [0.3, 0.4) is 0 Å². The van der Waals surface area contributed by atoms with Crippen molar-refractivity contribution in [1.82, 2.24) is 0 Å². The third-order valence-corrected chi connectivity index (χ3v) is 4.19. The van der Waals surface area contributed by atoms with Gasteiger partial charge in [0.1, 0.15) is 0 Å². The van der Waals surface area contributed by atoms with Crippen LogP contribution in [0.4, 0.5) is 5.69 Å². The number of halogens is 1. The summed E-state index contributed by atoms with van der Waals surface area (Å²) < 4.78 is 10.6. The predicted octanol–water partition coefficient (Wildman–Crippen LogP) is 4.46. The van der Waals surface area contributed by atoms with Crippen molar-refractivity contribution in [1.29, 1.82) is 0 Å². The molecule has 2 aromatic rings. The molecule has 4 nitrogen and oxygen atoms in total. The van der Waals surface area contributed by atoms with Crippen LogP contribution in [0, 0.1) is 20.8 Å². The number of carbonyl (C=O) groups excluding carboxylic acids is 1. The summed E-state index contributed by atoms with van der Waals surface area (Å²) in [5, 5.41) is 3.45. The first-order valence-corrected chi connectivity index (χ1v) is 8.01. The lowest BCUT2D eigenvalue weighted by Crippen LogP contribution is -2.16. The molecule has 0 saturated carbocycles. The minimum atomic E-state index is -0.126. The Morgan fingerprint density at radius 2 is 1.62 bits per heavy atom. The molecule has 128 valence electrons. The van der Waals surface area contributed by atoms with E-state index in [9.17, 15) is 4.79 Å². The number of hydrogen-bond acceptors (Lipinski definition) is 3. The number of carbonyl (C=O) groups is 1. The minimum absolute atomic E-state index is 0.126. The highest BCUT2D eigenvalue weighted by molar-refractivity contribution is 6.34. The summed E-state index contributed by atoms with van der Waals surface area (Å²) in [7, 11) is 3.16. The number of benzene rings is 2. The number of anilines is 1. The Kier molecular flexibility index (Phi) is 5.73. The molecule has 0 aliphatic carbocycles. The van der Waals surface area contributed by atoms with Gasteiger partial charge in [-0.15, -0.1) is 0 Å². The fourth-order valence-electron chi connectivity index (χ4n) is 2.64. The zero-order valence-electron chi connectivity index (χ0n) is 14.6. The van der Waals surface area contributed by atoms with Crippen molar-refractivity contribution in [2.45, 2.75) is 27.2 Å². The first kappa shape index (κ1) is 18.1. The van der Waals surface area contributed by atoms with Crippen molar-refractivity contribution in [2.75, 3.05) is 19.5 Å². The van der Waals surface area contributed by atoms with E-state index in [0.717, 1.165) is 22.3 Å².